The Balaban J connectivity index is 1.81. The van der Waals surface area contributed by atoms with Crippen LogP contribution >= 0.6 is 0 Å². The highest BCUT2D eigenvalue weighted by atomic mass is 16.5. The van der Waals surface area contributed by atoms with E-state index in [0.717, 1.165) is 32.1 Å². The molecule has 1 aliphatic heterocycles. The summed E-state index contributed by atoms with van der Waals surface area (Å²) in [4.78, 5) is 0. The maximum Gasteiger partial charge on any atom is 0.119 e. The third-order valence-corrected chi connectivity index (χ3v) is 3.21. The van der Waals surface area contributed by atoms with E-state index in [-0.39, 0.29) is 5.41 Å². The Labute approximate surface area is 102 Å². The number of benzene rings is 1. The molecule has 4 nitrogen and oxygen atoms in total. The Morgan fingerprint density at radius 2 is 2.29 bits per heavy atom. The van der Waals surface area contributed by atoms with E-state index in [9.17, 15) is 0 Å². The highest BCUT2D eigenvalue weighted by Crippen LogP contribution is 2.24. The average molecular weight is 236 g/mol. The van der Waals surface area contributed by atoms with Crippen molar-refractivity contribution in [2.24, 2.45) is 11.1 Å². The molecule has 0 atom stereocenters. The molecule has 0 spiro atoms. The van der Waals surface area contributed by atoms with Gasteiger partial charge in [-0.25, -0.2) is 0 Å². The Hall–Kier alpha value is -1.10. The molecule has 1 aromatic carbocycles. The summed E-state index contributed by atoms with van der Waals surface area (Å²) in [6.07, 6.45) is 0. The monoisotopic (exact) mass is 236 g/mol. The smallest absolute Gasteiger partial charge is 0.119 e. The van der Waals surface area contributed by atoms with E-state index in [4.69, 9.17) is 15.2 Å². The lowest BCUT2D eigenvalue weighted by Gasteiger charge is -2.40. The van der Waals surface area contributed by atoms with Gasteiger partial charge >= 0.3 is 0 Å². The van der Waals surface area contributed by atoms with E-state index < -0.39 is 0 Å². The Morgan fingerprint density at radius 1 is 1.47 bits per heavy atom. The number of rotatable bonds is 6. The molecular formula is C13H20N2O2. The fourth-order valence-electron chi connectivity index (χ4n) is 1.94. The predicted octanol–water partition coefficient (Wildman–Crippen LogP) is 0.760. The number of nitrogens with two attached hydrogens (primary N) is 1. The Kier molecular flexibility index (Phi) is 3.99. The van der Waals surface area contributed by atoms with Gasteiger partial charge in [0.1, 0.15) is 5.75 Å². The zero-order valence-corrected chi connectivity index (χ0v) is 10.2. The molecule has 2 rings (SSSR count). The van der Waals surface area contributed by atoms with Crippen molar-refractivity contribution in [3.63, 3.8) is 0 Å². The van der Waals surface area contributed by atoms with Crippen LogP contribution in [0.3, 0.4) is 0 Å². The van der Waals surface area contributed by atoms with Gasteiger partial charge in [-0.15, -0.1) is 0 Å². The highest BCUT2D eigenvalue weighted by Gasteiger charge is 2.36. The van der Waals surface area contributed by atoms with E-state index in [2.05, 4.69) is 11.4 Å². The fourth-order valence-corrected chi connectivity index (χ4v) is 1.94. The van der Waals surface area contributed by atoms with Crippen LogP contribution in [0.4, 0.5) is 0 Å². The molecule has 0 saturated carbocycles. The van der Waals surface area contributed by atoms with Gasteiger partial charge in [0.25, 0.3) is 0 Å². The topological polar surface area (TPSA) is 56.5 Å². The number of methoxy groups -OCH3 is 1. The lowest BCUT2D eigenvalue weighted by atomic mass is 9.86. The van der Waals surface area contributed by atoms with Crippen molar-refractivity contribution >= 4 is 0 Å². The van der Waals surface area contributed by atoms with Crippen LogP contribution in [0, 0.1) is 5.41 Å². The van der Waals surface area contributed by atoms with Crippen LogP contribution < -0.4 is 15.8 Å². The molecule has 0 bridgehead atoms. The van der Waals surface area contributed by atoms with Gasteiger partial charge in [-0.1, -0.05) is 12.1 Å². The van der Waals surface area contributed by atoms with E-state index in [1.54, 1.807) is 7.11 Å². The molecule has 0 amide bonds. The number of hydrogen-bond acceptors (Lipinski definition) is 4. The van der Waals surface area contributed by atoms with Gasteiger partial charge < -0.3 is 20.5 Å². The van der Waals surface area contributed by atoms with Crippen molar-refractivity contribution < 1.29 is 9.47 Å². The normalized spacial score (nSPS) is 17.5. The molecular weight excluding hydrogens is 216 g/mol. The van der Waals surface area contributed by atoms with Gasteiger partial charge in [-0.05, 0) is 17.7 Å². The maximum atomic E-state index is 5.75. The molecule has 1 fully saturated rings. The van der Waals surface area contributed by atoms with Crippen molar-refractivity contribution in [1.29, 1.82) is 0 Å². The van der Waals surface area contributed by atoms with Crippen LogP contribution in [0.1, 0.15) is 5.56 Å². The van der Waals surface area contributed by atoms with Crippen molar-refractivity contribution in [3.05, 3.63) is 29.8 Å². The summed E-state index contributed by atoms with van der Waals surface area (Å²) in [7, 11) is 1.68. The number of hydrogen-bond donors (Lipinski definition) is 2. The zero-order valence-electron chi connectivity index (χ0n) is 10.2. The van der Waals surface area contributed by atoms with E-state index in [1.807, 2.05) is 18.2 Å². The molecule has 1 aromatic rings. The molecule has 94 valence electrons. The van der Waals surface area contributed by atoms with Crippen molar-refractivity contribution in [1.82, 2.24) is 5.32 Å². The standard InChI is InChI=1S/C13H20N2O2/c1-16-12-4-2-3-11(5-12)6-15-8-13(7-14)9-17-10-13/h2-5,15H,6-10,14H2,1H3. The second-order valence-electron chi connectivity index (χ2n) is 4.65. The molecule has 0 radical (unpaired) electrons. The lowest BCUT2D eigenvalue weighted by molar-refractivity contribution is -0.105. The minimum Gasteiger partial charge on any atom is -0.497 e. The van der Waals surface area contributed by atoms with Crippen molar-refractivity contribution in [2.45, 2.75) is 6.54 Å². The molecule has 1 heterocycles. The SMILES string of the molecule is COc1cccc(CNCC2(CN)COC2)c1. The van der Waals surface area contributed by atoms with Crippen LogP contribution in [-0.2, 0) is 11.3 Å². The number of nitrogens with one attached hydrogen (secondary N) is 1. The summed E-state index contributed by atoms with van der Waals surface area (Å²) in [6, 6.07) is 8.08. The first kappa shape index (κ1) is 12.4. The van der Waals surface area contributed by atoms with Gasteiger partial charge in [0, 0.05) is 25.0 Å². The van der Waals surface area contributed by atoms with Crippen molar-refractivity contribution in [2.75, 3.05) is 33.4 Å². The first-order chi connectivity index (χ1) is 8.28. The molecule has 0 unspecified atom stereocenters. The van der Waals surface area contributed by atoms with Gasteiger partial charge in [-0.2, -0.15) is 0 Å². The van der Waals surface area contributed by atoms with Gasteiger partial charge in [0.15, 0.2) is 0 Å². The third-order valence-electron chi connectivity index (χ3n) is 3.21. The fraction of sp³-hybridized carbons (Fsp3) is 0.538. The lowest BCUT2D eigenvalue weighted by Crippen LogP contribution is -2.54. The van der Waals surface area contributed by atoms with Gasteiger partial charge in [-0.3, -0.25) is 0 Å². The summed E-state index contributed by atoms with van der Waals surface area (Å²) in [5.41, 5.74) is 7.12. The zero-order chi connectivity index (χ0) is 12.1. The Morgan fingerprint density at radius 3 is 2.88 bits per heavy atom. The molecule has 0 aromatic heterocycles. The van der Waals surface area contributed by atoms with E-state index in [1.165, 1.54) is 5.56 Å². The van der Waals surface area contributed by atoms with Crippen LogP contribution in [-0.4, -0.2) is 33.4 Å². The summed E-state index contributed by atoms with van der Waals surface area (Å²) < 4.78 is 10.4. The second-order valence-corrected chi connectivity index (χ2v) is 4.65. The van der Waals surface area contributed by atoms with Gasteiger partial charge in [0.05, 0.1) is 20.3 Å². The van der Waals surface area contributed by atoms with Crippen LogP contribution in [0.2, 0.25) is 0 Å². The molecule has 3 N–H and O–H groups in total. The summed E-state index contributed by atoms with van der Waals surface area (Å²) in [5.74, 6) is 0.893. The minimum absolute atomic E-state index is 0.152. The average Bonchev–Trinajstić information content (AvgIpc) is 2.33. The van der Waals surface area contributed by atoms with E-state index >= 15 is 0 Å². The number of ether oxygens (including phenoxy) is 2. The predicted molar refractivity (Wildman–Crippen MR) is 67.0 cm³/mol. The third kappa shape index (κ3) is 2.97. The quantitative estimate of drug-likeness (QED) is 0.765. The van der Waals surface area contributed by atoms with Crippen molar-refractivity contribution in [3.8, 4) is 5.75 Å². The molecule has 1 saturated heterocycles. The molecule has 1 aliphatic rings. The Bertz CT molecular complexity index is 359. The van der Waals surface area contributed by atoms with E-state index in [0.29, 0.717) is 6.54 Å². The maximum absolute atomic E-state index is 5.75. The molecule has 4 heteroatoms. The summed E-state index contributed by atoms with van der Waals surface area (Å²) in [6.45, 7) is 3.96. The first-order valence-electron chi connectivity index (χ1n) is 5.89. The second kappa shape index (κ2) is 5.49. The first-order valence-corrected chi connectivity index (χ1v) is 5.89. The van der Waals surface area contributed by atoms with Crippen LogP contribution in [0.5, 0.6) is 5.75 Å². The van der Waals surface area contributed by atoms with Gasteiger partial charge in [0.2, 0.25) is 0 Å². The highest BCUT2D eigenvalue weighted by molar-refractivity contribution is 5.28. The molecule has 0 aliphatic carbocycles. The van der Waals surface area contributed by atoms with Crippen LogP contribution in [0.25, 0.3) is 0 Å². The minimum atomic E-state index is 0.152. The summed E-state index contributed by atoms with van der Waals surface area (Å²) in [5, 5.41) is 3.43. The largest absolute Gasteiger partial charge is 0.497 e. The molecule has 17 heavy (non-hydrogen) atoms. The summed E-state index contributed by atoms with van der Waals surface area (Å²) >= 11 is 0. The van der Waals surface area contributed by atoms with Crippen LogP contribution in [0.15, 0.2) is 24.3 Å².